The molecular formula is C15H12BrNS. The van der Waals surface area contributed by atoms with E-state index in [1.165, 1.54) is 16.0 Å². The van der Waals surface area contributed by atoms with Gasteiger partial charge in [-0.15, -0.1) is 0 Å². The maximum Gasteiger partial charge on any atom is 0.0992 e. The molecule has 0 aliphatic carbocycles. The highest BCUT2D eigenvalue weighted by atomic mass is 79.9. The Morgan fingerprint density at radius 2 is 1.89 bits per heavy atom. The lowest BCUT2D eigenvalue weighted by Gasteiger charge is -2.07. The van der Waals surface area contributed by atoms with Crippen LogP contribution in [0.15, 0.2) is 50.7 Å². The SMILES string of the molecule is Cc1ccc(C)c(Sc2cc(Br)cc(C#N)c2)c1. The Kier molecular flexibility index (Phi) is 4.11. The van der Waals surface area contributed by atoms with Gasteiger partial charge in [0.25, 0.3) is 0 Å². The first-order valence-corrected chi connectivity index (χ1v) is 7.15. The Labute approximate surface area is 120 Å². The summed E-state index contributed by atoms with van der Waals surface area (Å²) in [6, 6.07) is 14.4. The van der Waals surface area contributed by atoms with Crippen molar-refractivity contribution in [2.24, 2.45) is 0 Å². The first-order chi connectivity index (χ1) is 8.58. The average molecular weight is 318 g/mol. The molecule has 0 spiro atoms. The third kappa shape index (κ3) is 3.16. The smallest absolute Gasteiger partial charge is 0.0992 e. The summed E-state index contributed by atoms with van der Waals surface area (Å²) < 4.78 is 0.939. The van der Waals surface area contributed by atoms with Crippen LogP contribution in [0.2, 0.25) is 0 Å². The second-order valence-electron chi connectivity index (χ2n) is 4.16. The molecule has 2 aromatic carbocycles. The number of benzene rings is 2. The second-order valence-corrected chi connectivity index (χ2v) is 6.19. The maximum absolute atomic E-state index is 8.97. The van der Waals surface area contributed by atoms with Crippen molar-refractivity contribution in [1.82, 2.24) is 0 Å². The molecule has 90 valence electrons. The van der Waals surface area contributed by atoms with Crippen LogP contribution in [0, 0.1) is 25.2 Å². The average Bonchev–Trinajstić information content (AvgIpc) is 2.33. The highest BCUT2D eigenvalue weighted by Gasteiger charge is 2.04. The quantitative estimate of drug-likeness (QED) is 0.770. The topological polar surface area (TPSA) is 23.8 Å². The van der Waals surface area contributed by atoms with E-state index in [0.717, 1.165) is 9.37 Å². The van der Waals surface area contributed by atoms with Crippen molar-refractivity contribution in [2.45, 2.75) is 23.6 Å². The van der Waals surface area contributed by atoms with Gasteiger partial charge in [0, 0.05) is 14.3 Å². The summed E-state index contributed by atoms with van der Waals surface area (Å²) in [6.45, 7) is 4.19. The summed E-state index contributed by atoms with van der Waals surface area (Å²) in [7, 11) is 0. The molecule has 1 nitrogen and oxygen atoms in total. The monoisotopic (exact) mass is 317 g/mol. The number of nitriles is 1. The molecule has 0 radical (unpaired) electrons. The van der Waals surface area contributed by atoms with Crippen LogP contribution in [-0.4, -0.2) is 0 Å². The van der Waals surface area contributed by atoms with E-state index in [1.807, 2.05) is 18.2 Å². The van der Waals surface area contributed by atoms with Crippen LogP contribution in [0.1, 0.15) is 16.7 Å². The van der Waals surface area contributed by atoms with Gasteiger partial charge >= 0.3 is 0 Å². The number of halogens is 1. The highest BCUT2D eigenvalue weighted by Crippen LogP contribution is 2.33. The first-order valence-electron chi connectivity index (χ1n) is 5.54. The summed E-state index contributed by atoms with van der Waals surface area (Å²) in [6.07, 6.45) is 0. The summed E-state index contributed by atoms with van der Waals surface area (Å²) in [4.78, 5) is 2.31. The molecule has 0 saturated heterocycles. The lowest BCUT2D eigenvalue weighted by molar-refractivity contribution is 1.25. The number of nitrogens with zero attached hydrogens (tertiary/aromatic N) is 1. The number of aryl methyl sites for hydroxylation is 2. The third-order valence-electron chi connectivity index (χ3n) is 2.57. The molecule has 0 aliphatic heterocycles. The molecular weight excluding hydrogens is 306 g/mol. The van der Waals surface area contributed by atoms with Gasteiger partial charge in [-0.05, 0) is 49.2 Å². The van der Waals surface area contributed by atoms with Crippen molar-refractivity contribution in [1.29, 1.82) is 5.26 Å². The summed E-state index contributed by atoms with van der Waals surface area (Å²) in [5.41, 5.74) is 3.18. The van der Waals surface area contributed by atoms with Gasteiger partial charge < -0.3 is 0 Å². The predicted octanol–water partition coefficient (Wildman–Crippen LogP) is 5.09. The Balaban J connectivity index is 2.37. The van der Waals surface area contributed by atoms with E-state index in [4.69, 9.17) is 5.26 Å². The van der Waals surface area contributed by atoms with Gasteiger partial charge in [0.2, 0.25) is 0 Å². The largest absolute Gasteiger partial charge is 0.192 e. The Morgan fingerprint density at radius 3 is 2.61 bits per heavy atom. The van der Waals surface area contributed by atoms with Gasteiger partial charge in [-0.3, -0.25) is 0 Å². The molecule has 0 unspecified atom stereocenters. The zero-order valence-corrected chi connectivity index (χ0v) is 12.6. The van der Waals surface area contributed by atoms with Gasteiger partial charge in [-0.25, -0.2) is 0 Å². The number of rotatable bonds is 2. The van der Waals surface area contributed by atoms with Gasteiger partial charge in [-0.1, -0.05) is 39.8 Å². The second kappa shape index (κ2) is 5.60. The molecule has 2 rings (SSSR count). The number of hydrogen-bond acceptors (Lipinski definition) is 2. The van der Waals surface area contributed by atoms with Crippen LogP contribution < -0.4 is 0 Å². The zero-order valence-electron chi connectivity index (χ0n) is 10.2. The van der Waals surface area contributed by atoms with Gasteiger partial charge in [0.1, 0.15) is 0 Å². The van der Waals surface area contributed by atoms with E-state index >= 15 is 0 Å². The fourth-order valence-corrected chi connectivity index (χ4v) is 3.37. The lowest BCUT2D eigenvalue weighted by atomic mass is 10.2. The predicted molar refractivity (Wildman–Crippen MR) is 78.9 cm³/mol. The van der Waals surface area contributed by atoms with Crippen LogP contribution >= 0.6 is 27.7 Å². The van der Waals surface area contributed by atoms with E-state index in [-0.39, 0.29) is 0 Å². The highest BCUT2D eigenvalue weighted by molar-refractivity contribution is 9.10. The Hall–Kier alpha value is -1.24. The van der Waals surface area contributed by atoms with Gasteiger partial charge in [0.05, 0.1) is 11.6 Å². The molecule has 0 aliphatic rings. The third-order valence-corrected chi connectivity index (χ3v) is 4.16. The number of hydrogen-bond donors (Lipinski definition) is 0. The summed E-state index contributed by atoms with van der Waals surface area (Å²) in [5, 5.41) is 8.97. The van der Waals surface area contributed by atoms with Crippen molar-refractivity contribution < 1.29 is 0 Å². The fraction of sp³-hybridized carbons (Fsp3) is 0.133. The minimum atomic E-state index is 0.678. The summed E-state index contributed by atoms with van der Waals surface area (Å²) >= 11 is 5.13. The molecule has 0 aromatic heterocycles. The Morgan fingerprint density at radius 1 is 1.11 bits per heavy atom. The van der Waals surface area contributed by atoms with Crippen molar-refractivity contribution in [3.8, 4) is 6.07 Å². The first kappa shape index (κ1) is 13.2. The van der Waals surface area contributed by atoms with Crippen LogP contribution in [0.25, 0.3) is 0 Å². The molecule has 18 heavy (non-hydrogen) atoms. The van der Waals surface area contributed by atoms with E-state index in [1.54, 1.807) is 11.8 Å². The maximum atomic E-state index is 8.97. The van der Waals surface area contributed by atoms with E-state index in [2.05, 4.69) is 54.0 Å². The molecule has 0 atom stereocenters. The normalized spacial score (nSPS) is 10.1. The standard InChI is InChI=1S/C15H12BrNS/c1-10-3-4-11(2)15(5-10)18-14-7-12(9-17)6-13(16)8-14/h3-8H,1-2H3. The van der Waals surface area contributed by atoms with Crippen molar-refractivity contribution in [3.63, 3.8) is 0 Å². The van der Waals surface area contributed by atoms with Crippen molar-refractivity contribution in [3.05, 3.63) is 57.6 Å². The molecule has 0 amide bonds. The fourth-order valence-electron chi connectivity index (χ4n) is 1.63. The molecule has 0 bridgehead atoms. The minimum Gasteiger partial charge on any atom is -0.192 e. The van der Waals surface area contributed by atoms with E-state index < -0.39 is 0 Å². The molecule has 0 N–H and O–H groups in total. The van der Waals surface area contributed by atoms with Gasteiger partial charge in [-0.2, -0.15) is 5.26 Å². The molecule has 0 heterocycles. The van der Waals surface area contributed by atoms with Crippen LogP contribution in [0.3, 0.4) is 0 Å². The zero-order chi connectivity index (χ0) is 13.1. The van der Waals surface area contributed by atoms with E-state index in [0.29, 0.717) is 5.56 Å². The molecule has 0 fully saturated rings. The van der Waals surface area contributed by atoms with Crippen molar-refractivity contribution in [2.75, 3.05) is 0 Å². The van der Waals surface area contributed by atoms with Crippen molar-refractivity contribution >= 4 is 27.7 Å². The molecule has 0 saturated carbocycles. The summed E-state index contributed by atoms with van der Waals surface area (Å²) in [5.74, 6) is 0. The van der Waals surface area contributed by atoms with Crippen LogP contribution in [-0.2, 0) is 0 Å². The van der Waals surface area contributed by atoms with E-state index in [9.17, 15) is 0 Å². The Bertz CT molecular complexity index is 629. The van der Waals surface area contributed by atoms with Gasteiger partial charge in [0.15, 0.2) is 0 Å². The minimum absolute atomic E-state index is 0.678. The van der Waals surface area contributed by atoms with Crippen LogP contribution in [0.4, 0.5) is 0 Å². The lowest BCUT2D eigenvalue weighted by Crippen LogP contribution is -1.83. The molecule has 3 heteroatoms. The van der Waals surface area contributed by atoms with Crippen LogP contribution in [0.5, 0.6) is 0 Å². The molecule has 2 aromatic rings.